The van der Waals surface area contributed by atoms with E-state index < -0.39 is 0 Å². The number of nitrogens with zero attached hydrogens (tertiary/aromatic N) is 2. The molecule has 2 bridgehead atoms. The standard InChI is InChI=1S/C33H31ClN2O2S/c1-2-23-20-36-18-16-25(23)19-31(36)32(29-15-17-35-30-6-4-3-5-28(29)30)38-33(37)24-9-7-22(8-10-24)21-39-27-13-11-26(34)12-14-27/h2-15,17,23,25,31-32H,1,16,18-21H2/t23-,25+,31+,32+/m1/s1. The van der Waals surface area contributed by atoms with E-state index in [0.29, 0.717) is 17.4 Å². The Kier molecular flexibility index (Phi) is 7.73. The van der Waals surface area contributed by atoms with E-state index in [-0.39, 0.29) is 18.1 Å². The van der Waals surface area contributed by atoms with E-state index >= 15 is 0 Å². The average Bonchev–Trinajstić information content (AvgIpc) is 2.99. The van der Waals surface area contributed by atoms with Gasteiger partial charge in [0.15, 0.2) is 0 Å². The molecule has 39 heavy (non-hydrogen) atoms. The van der Waals surface area contributed by atoms with Crippen LogP contribution in [0.3, 0.4) is 0 Å². The van der Waals surface area contributed by atoms with Gasteiger partial charge in [-0.15, -0.1) is 18.3 Å². The maximum atomic E-state index is 13.6. The topological polar surface area (TPSA) is 42.4 Å². The lowest BCUT2D eigenvalue weighted by Gasteiger charge is -2.51. The third kappa shape index (κ3) is 5.62. The van der Waals surface area contributed by atoms with E-state index in [1.165, 1.54) is 6.42 Å². The van der Waals surface area contributed by atoms with Gasteiger partial charge in [-0.3, -0.25) is 9.88 Å². The molecule has 3 aliphatic heterocycles. The molecule has 0 spiro atoms. The van der Waals surface area contributed by atoms with E-state index in [4.69, 9.17) is 16.3 Å². The number of hydrogen-bond acceptors (Lipinski definition) is 5. The fourth-order valence-electron chi connectivity index (χ4n) is 6.03. The molecule has 198 valence electrons. The molecule has 1 aromatic heterocycles. The van der Waals surface area contributed by atoms with Gasteiger partial charge >= 0.3 is 5.97 Å². The Balaban J connectivity index is 1.23. The average molecular weight is 555 g/mol. The fraction of sp³-hybridized carbons (Fsp3) is 0.273. The van der Waals surface area contributed by atoms with Crippen LogP contribution in [0.15, 0.2) is 103 Å². The summed E-state index contributed by atoms with van der Waals surface area (Å²) in [6.07, 6.45) is 5.71. The minimum atomic E-state index is -0.376. The predicted molar refractivity (Wildman–Crippen MR) is 159 cm³/mol. The lowest BCUT2D eigenvalue weighted by atomic mass is 9.73. The van der Waals surface area contributed by atoms with Crippen molar-refractivity contribution in [2.75, 3.05) is 13.1 Å². The Bertz CT molecular complexity index is 1470. The van der Waals surface area contributed by atoms with Gasteiger partial charge in [0.2, 0.25) is 0 Å². The number of carbonyl (C=O) groups is 1. The molecule has 0 amide bonds. The van der Waals surface area contributed by atoms with Crippen molar-refractivity contribution in [3.05, 3.63) is 119 Å². The van der Waals surface area contributed by atoms with Crippen LogP contribution in [-0.4, -0.2) is 35.0 Å². The molecule has 3 fully saturated rings. The molecule has 4 heterocycles. The highest BCUT2D eigenvalue weighted by atomic mass is 35.5. The SMILES string of the molecule is C=C[C@@H]1CN2CC[C@H]1C[C@H]2[C@@H](OC(=O)c1ccc(CSc2ccc(Cl)cc2)cc1)c1ccnc2ccccc12. The van der Waals surface area contributed by atoms with Crippen LogP contribution in [0.2, 0.25) is 5.02 Å². The summed E-state index contributed by atoms with van der Waals surface area (Å²) in [4.78, 5) is 21.8. The Labute approximate surface area is 239 Å². The van der Waals surface area contributed by atoms with Crippen molar-refractivity contribution in [2.24, 2.45) is 11.8 Å². The zero-order chi connectivity index (χ0) is 26.8. The molecule has 5 atom stereocenters. The monoisotopic (exact) mass is 554 g/mol. The molecule has 4 aromatic rings. The molecule has 3 aliphatic rings. The van der Waals surface area contributed by atoms with Crippen LogP contribution in [0.5, 0.6) is 0 Å². The van der Waals surface area contributed by atoms with Crippen LogP contribution < -0.4 is 0 Å². The van der Waals surface area contributed by atoms with Crippen LogP contribution in [0, 0.1) is 11.8 Å². The first kappa shape index (κ1) is 26.1. The largest absolute Gasteiger partial charge is 0.452 e. The normalized spacial score (nSPS) is 22.9. The highest BCUT2D eigenvalue weighted by molar-refractivity contribution is 7.98. The molecule has 4 nitrogen and oxygen atoms in total. The maximum Gasteiger partial charge on any atom is 0.338 e. The summed E-state index contributed by atoms with van der Waals surface area (Å²) >= 11 is 7.74. The highest BCUT2D eigenvalue weighted by Crippen LogP contribution is 2.43. The molecule has 3 saturated heterocycles. The number of para-hydroxylation sites is 1. The summed E-state index contributed by atoms with van der Waals surface area (Å²) in [5.74, 6) is 1.59. The minimum Gasteiger partial charge on any atom is -0.452 e. The van der Waals surface area contributed by atoms with E-state index in [2.05, 4.69) is 28.6 Å². The van der Waals surface area contributed by atoms with Gasteiger partial charge in [-0.05, 0) is 85.3 Å². The van der Waals surface area contributed by atoms with Crippen LogP contribution >= 0.6 is 23.4 Å². The molecular weight excluding hydrogens is 524 g/mol. The van der Waals surface area contributed by atoms with Crippen molar-refractivity contribution in [2.45, 2.75) is 35.6 Å². The number of aromatic nitrogens is 1. The van der Waals surface area contributed by atoms with Crippen LogP contribution in [-0.2, 0) is 10.5 Å². The second-order valence-corrected chi connectivity index (χ2v) is 11.9. The first-order valence-corrected chi connectivity index (χ1v) is 14.8. The minimum absolute atomic E-state index is 0.129. The molecule has 0 saturated carbocycles. The second kappa shape index (κ2) is 11.5. The van der Waals surface area contributed by atoms with Gasteiger partial charge in [0, 0.05) is 39.4 Å². The predicted octanol–water partition coefficient (Wildman–Crippen LogP) is 7.98. The van der Waals surface area contributed by atoms with Crippen LogP contribution in [0.25, 0.3) is 10.9 Å². The van der Waals surface area contributed by atoms with Crippen LogP contribution in [0.4, 0.5) is 0 Å². The van der Waals surface area contributed by atoms with Gasteiger partial charge in [0.05, 0.1) is 17.1 Å². The van der Waals surface area contributed by atoms with Crippen molar-refractivity contribution in [3.8, 4) is 0 Å². The van der Waals surface area contributed by atoms with E-state index in [9.17, 15) is 4.79 Å². The summed E-state index contributed by atoms with van der Waals surface area (Å²) < 4.78 is 6.42. The number of thioether (sulfide) groups is 1. The number of rotatable bonds is 8. The third-order valence-corrected chi connectivity index (χ3v) is 9.47. The van der Waals surface area contributed by atoms with E-state index in [0.717, 1.165) is 57.2 Å². The number of ether oxygens (including phenoxy) is 1. The van der Waals surface area contributed by atoms with Crippen molar-refractivity contribution in [1.82, 2.24) is 9.88 Å². The third-order valence-electron chi connectivity index (χ3n) is 8.14. The van der Waals surface area contributed by atoms with Gasteiger partial charge in [-0.25, -0.2) is 4.79 Å². The summed E-state index contributed by atoms with van der Waals surface area (Å²) in [5.41, 5.74) is 3.66. The number of halogens is 1. The Hall–Kier alpha value is -3.12. The van der Waals surface area contributed by atoms with Crippen molar-refractivity contribution in [3.63, 3.8) is 0 Å². The number of carbonyl (C=O) groups excluding carboxylic acids is 1. The van der Waals surface area contributed by atoms with Gasteiger partial charge < -0.3 is 4.74 Å². The summed E-state index contributed by atoms with van der Waals surface area (Å²) in [6, 6.07) is 25.9. The number of hydrogen-bond donors (Lipinski definition) is 0. The molecule has 1 unspecified atom stereocenters. The van der Waals surface area contributed by atoms with E-state index in [1.807, 2.05) is 79.0 Å². The smallest absolute Gasteiger partial charge is 0.338 e. The Morgan fingerprint density at radius 3 is 2.64 bits per heavy atom. The van der Waals surface area contributed by atoms with E-state index in [1.54, 1.807) is 11.8 Å². The number of esters is 1. The fourth-order valence-corrected chi connectivity index (χ4v) is 7.01. The molecule has 0 radical (unpaired) electrons. The number of piperidine rings is 3. The molecule has 0 aliphatic carbocycles. The quantitative estimate of drug-likeness (QED) is 0.125. The van der Waals surface area contributed by atoms with Gasteiger partial charge in [0.1, 0.15) is 6.10 Å². The van der Waals surface area contributed by atoms with Gasteiger partial charge in [-0.1, -0.05) is 48.0 Å². The summed E-state index contributed by atoms with van der Waals surface area (Å²) in [7, 11) is 0. The molecule has 6 heteroatoms. The zero-order valence-corrected chi connectivity index (χ0v) is 23.3. The summed E-state index contributed by atoms with van der Waals surface area (Å²) in [5, 5.41) is 1.77. The molecule has 0 N–H and O–H groups in total. The Morgan fingerprint density at radius 2 is 1.90 bits per heavy atom. The van der Waals surface area contributed by atoms with Crippen molar-refractivity contribution >= 4 is 40.2 Å². The molecule has 7 rings (SSSR count). The lowest BCUT2D eigenvalue weighted by Crippen LogP contribution is -2.55. The number of fused-ring (bicyclic) bond motifs is 4. The van der Waals surface area contributed by atoms with Crippen molar-refractivity contribution in [1.29, 1.82) is 0 Å². The zero-order valence-electron chi connectivity index (χ0n) is 21.7. The van der Waals surface area contributed by atoms with Gasteiger partial charge in [-0.2, -0.15) is 0 Å². The highest BCUT2D eigenvalue weighted by Gasteiger charge is 2.44. The second-order valence-electron chi connectivity index (χ2n) is 10.4. The maximum absolute atomic E-state index is 13.6. The van der Waals surface area contributed by atoms with Crippen LogP contribution in [0.1, 0.15) is 40.4 Å². The lowest BCUT2D eigenvalue weighted by molar-refractivity contribution is -0.0568. The first-order chi connectivity index (χ1) is 19.1. The number of benzene rings is 3. The Morgan fingerprint density at radius 1 is 1.10 bits per heavy atom. The molecule has 3 aromatic carbocycles. The number of pyridine rings is 1. The summed E-state index contributed by atoms with van der Waals surface area (Å²) in [6.45, 7) is 6.07. The van der Waals surface area contributed by atoms with Crippen molar-refractivity contribution < 1.29 is 9.53 Å². The van der Waals surface area contributed by atoms with Gasteiger partial charge in [0.25, 0.3) is 0 Å². The molecular formula is C33H31ClN2O2S. The first-order valence-electron chi connectivity index (χ1n) is 13.5.